The molecular formula is C19H18N6OS. The smallest absolute Gasteiger partial charge is 0.258 e. The Labute approximate surface area is 160 Å². The van der Waals surface area contributed by atoms with E-state index in [9.17, 15) is 4.79 Å². The predicted octanol–water partition coefficient (Wildman–Crippen LogP) is 4.09. The topological polar surface area (TPSA) is 85.6 Å². The number of rotatable bonds is 4. The van der Waals surface area contributed by atoms with E-state index in [0.29, 0.717) is 16.3 Å². The van der Waals surface area contributed by atoms with Gasteiger partial charge in [0.25, 0.3) is 5.91 Å². The lowest BCUT2D eigenvalue weighted by Crippen LogP contribution is -2.13. The van der Waals surface area contributed by atoms with Crippen molar-refractivity contribution in [3.63, 3.8) is 0 Å². The summed E-state index contributed by atoms with van der Waals surface area (Å²) in [4.78, 5) is 26.0. The van der Waals surface area contributed by atoms with Crippen LogP contribution in [0.1, 0.15) is 35.9 Å². The van der Waals surface area contributed by atoms with Crippen LogP contribution in [0.2, 0.25) is 0 Å². The van der Waals surface area contributed by atoms with Crippen molar-refractivity contribution in [3.8, 4) is 11.3 Å². The van der Waals surface area contributed by atoms with Gasteiger partial charge in [-0.1, -0.05) is 0 Å². The van der Waals surface area contributed by atoms with Crippen molar-refractivity contribution < 1.29 is 4.79 Å². The van der Waals surface area contributed by atoms with E-state index in [1.165, 1.54) is 11.3 Å². The number of hydrogen-bond acceptors (Lipinski definition) is 6. The number of carbonyl (C=O) groups excluding carboxylic acids is 1. The number of thiazole rings is 1. The van der Waals surface area contributed by atoms with Crippen LogP contribution in [-0.2, 0) is 0 Å². The SMILES string of the molecule is Cc1cc(C(=O)Nc2nc(-c3cccnc3)cs2)c2cnn(C(C)C)c2n1. The van der Waals surface area contributed by atoms with E-state index in [4.69, 9.17) is 0 Å². The van der Waals surface area contributed by atoms with Crippen LogP contribution in [0.5, 0.6) is 0 Å². The Morgan fingerprint density at radius 1 is 1.26 bits per heavy atom. The van der Waals surface area contributed by atoms with Crippen LogP contribution < -0.4 is 5.32 Å². The molecule has 1 N–H and O–H groups in total. The number of nitrogens with one attached hydrogen (secondary N) is 1. The van der Waals surface area contributed by atoms with Crippen molar-refractivity contribution in [2.45, 2.75) is 26.8 Å². The molecule has 0 saturated heterocycles. The third-order valence-corrected chi connectivity index (χ3v) is 4.87. The van der Waals surface area contributed by atoms with E-state index >= 15 is 0 Å². The van der Waals surface area contributed by atoms with Crippen LogP contribution in [0.4, 0.5) is 5.13 Å². The average Bonchev–Trinajstić information content (AvgIpc) is 3.28. The molecule has 0 atom stereocenters. The Kier molecular flexibility index (Phi) is 4.41. The summed E-state index contributed by atoms with van der Waals surface area (Å²) in [5.74, 6) is -0.221. The molecule has 1 amide bonds. The Morgan fingerprint density at radius 3 is 2.85 bits per heavy atom. The lowest BCUT2D eigenvalue weighted by atomic mass is 10.1. The molecule has 7 nitrogen and oxygen atoms in total. The molecule has 8 heteroatoms. The number of fused-ring (bicyclic) bond motifs is 1. The number of nitrogens with zero attached hydrogens (tertiary/aromatic N) is 5. The molecule has 0 saturated carbocycles. The van der Waals surface area contributed by atoms with E-state index < -0.39 is 0 Å². The van der Waals surface area contributed by atoms with Gasteiger partial charge in [-0.15, -0.1) is 11.3 Å². The maximum absolute atomic E-state index is 12.9. The third kappa shape index (κ3) is 3.31. The zero-order valence-electron chi connectivity index (χ0n) is 15.2. The largest absolute Gasteiger partial charge is 0.298 e. The number of amides is 1. The Bertz CT molecular complexity index is 1120. The molecule has 0 fully saturated rings. The molecule has 0 aliphatic heterocycles. The molecule has 4 heterocycles. The van der Waals surface area contributed by atoms with Crippen molar-refractivity contribution in [3.05, 3.63) is 53.4 Å². The molecule has 4 rings (SSSR count). The lowest BCUT2D eigenvalue weighted by Gasteiger charge is -2.08. The summed E-state index contributed by atoms with van der Waals surface area (Å²) >= 11 is 1.38. The van der Waals surface area contributed by atoms with Crippen LogP contribution in [-0.4, -0.2) is 30.6 Å². The maximum Gasteiger partial charge on any atom is 0.258 e. The van der Waals surface area contributed by atoms with E-state index in [1.54, 1.807) is 24.7 Å². The maximum atomic E-state index is 12.9. The van der Waals surface area contributed by atoms with E-state index in [1.807, 2.05) is 43.0 Å². The first kappa shape index (κ1) is 17.3. The molecule has 0 bridgehead atoms. The fourth-order valence-corrected chi connectivity index (χ4v) is 3.57. The molecule has 136 valence electrons. The van der Waals surface area contributed by atoms with Crippen molar-refractivity contribution in [1.29, 1.82) is 0 Å². The van der Waals surface area contributed by atoms with E-state index in [0.717, 1.165) is 22.3 Å². The van der Waals surface area contributed by atoms with Crippen LogP contribution in [0.25, 0.3) is 22.3 Å². The Morgan fingerprint density at radius 2 is 2.11 bits per heavy atom. The summed E-state index contributed by atoms with van der Waals surface area (Å²) in [6.07, 6.45) is 5.16. The van der Waals surface area contributed by atoms with Gasteiger partial charge >= 0.3 is 0 Å². The van der Waals surface area contributed by atoms with Crippen molar-refractivity contribution in [2.75, 3.05) is 5.32 Å². The molecule has 4 aromatic rings. The quantitative estimate of drug-likeness (QED) is 0.578. The van der Waals surface area contributed by atoms with Gasteiger partial charge in [0.05, 0.1) is 22.8 Å². The van der Waals surface area contributed by atoms with Crippen molar-refractivity contribution >= 4 is 33.4 Å². The minimum absolute atomic E-state index is 0.161. The highest BCUT2D eigenvalue weighted by molar-refractivity contribution is 7.14. The van der Waals surface area contributed by atoms with Gasteiger partial charge in [-0.05, 0) is 39.0 Å². The van der Waals surface area contributed by atoms with Crippen molar-refractivity contribution in [2.24, 2.45) is 0 Å². The number of pyridine rings is 2. The predicted molar refractivity (Wildman–Crippen MR) is 106 cm³/mol. The zero-order chi connectivity index (χ0) is 19.0. The van der Waals surface area contributed by atoms with Gasteiger partial charge in [-0.2, -0.15) is 5.10 Å². The fraction of sp³-hybridized carbons (Fsp3) is 0.211. The monoisotopic (exact) mass is 378 g/mol. The summed E-state index contributed by atoms with van der Waals surface area (Å²) in [7, 11) is 0. The van der Waals surface area contributed by atoms with Gasteiger partial charge in [0.15, 0.2) is 10.8 Å². The fourth-order valence-electron chi connectivity index (χ4n) is 2.85. The first-order chi connectivity index (χ1) is 13.0. The van der Waals surface area contributed by atoms with Crippen LogP contribution in [0.3, 0.4) is 0 Å². The minimum Gasteiger partial charge on any atom is -0.298 e. The number of hydrogen-bond donors (Lipinski definition) is 1. The second kappa shape index (κ2) is 6.88. The zero-order valence-corrected chi connectivity index (χ0v) is 16.0. The second-order valence-electron chi connectivity index (χ2n) is 6.47. The molecule has 0 radical (unpaired) electrons. The summed E-state index contributed by atoms with van der Waals surface area (Å²) in [5.41, 5.74) is 3.72. The molecule has 0 aromatic carbocycles. The number of carbonyl (C=O) groups is 1. The first-order valence-electron chi connectivity index (χ1n) is 8.55. The third-order valence-electron chi connectivity index (χ3n) is 4.11. The molecule has 27 heavy (non-hydrogen) atoms. The number of aryl methyl sites for hydroxylation is 1. The normalized spacial score (nSPS) is 11.3. The van der Waals surface area contributed by atoms with Crippen LogP contribution >= 0.6 is 11.3 Å². The Hall–Kier alpha value is -3.13. The van der Waals surface area contributed by atoms with Gasteiger partial charge in [0.2, 0.25) is 0 Å². The summed E-state index contributed by atoms with van der Waals surface area (Å²) < 4.78 is 1.82. The van der Waals surface area contributed by atoms with Crippen LogP contribution in [0.15, 0.2) is 42.2 Å². The van der Waals surface area contributed by atoms with Gasteiger partial charge in [-0.25, -0.2) is 14.6 Å². The molecule has 0 aliphatic rings. The highest BCUT2D eigenvalue weighted by Crippen LogP contribution is 2.26. The number of aromatic nitrogens is 5. The van der Waals surface area contributed by atoms with Crippen LogP contribution in [0, 0.1) is 6.92 Å². The summed E-state index contributed by atoms with van der Waals surface area (Å²) in [6.45, 7) is 5.94. The van der Waals surface area contributed by atoms with E-state index in [2.05, 4.69) is 25.4 Å². The first-order valence-corrected chi connectivity index (χ1v) is 9.43. The van der Waals surface area contributed by atoms with Gasteiger partial charge in [-0.3, -0.25) is 15.1 Å². The molecular weight excluding hydrogens is 360 g/mol. The molecule has 0 spiro atoms. The highest BCUT2D eigenvalue weighted by atomic mass is 32.1. The average molecular weight is 378 g/mol. The summed E-state index contributed by atoms with van der Waals surface area (Å²) in [6, 6.07) is 5.73. The Balaban J connectivity index is 1.65. The number of anilines is 1. The molecule has 0 unspecified atom stereocenters. The minimum atomic E-state index is -0.221. The molecule has 0 aliphatic carbocycles. The molecule has 4 aromatic heterocycles. The highest BCUT2D eigenvalue weighted by Gasteiger charge is 2.18. The second-order valence-corrected chi connectivity index (χ2v) is 7.32. The standard InChI is InChI=1S/C19H18N6OS/c1-11(2)25-17-15(9-21-25)14(7-12(3)22-17)18(26)24-19-23-16(10-27-19)13-5-4-6-20-8-13/h4-11H,1-3H3,(H,23,24,26). The van der Waals surface area contributed by atoms with Gasteiger partial charge in [0, 0.05) is 35.1 Å². The van der Waals surface area contributed by atoms with Crippen molar-refractivity contribution in [1.82, 2.24) is 24.7 Å². The van der Waals surface area contributed by atoms with Gasteiger partial charge < -0.3 is 0 Å². The summed E-state index contributed by atoms with van der Waals surface area (Å²) in [5, 5.41) is 10.4. The van der Waals surface area contributed by atoms with E-state index in [-0.39, 0.29) is 11.9 Å². The lowest BCUT2D eigenvalue weighted by molar-refractivity contribution is 0.102. The van der Waals surface area contributed by atoms with Gasteiger partial charge in [0.1, 0.15) is 0 Å².